The van der Waals surface area contributed by atoms with E-state index in [1.54, 1.807) is 12.1 Å². The Morgan fingerprint density at radius 2 is 1.76 bits per heavy atom. The third-order valence-corrected chi connectivity index (χ3v) is 3.68. The molecule has 1 atom stereocenters. The van der Waals surface area contributed by atoms with Gasteiger partial charge in [-0.25, -0.2) is 4.39 Å². The van der Waals surface area contributed by atoms with Crippen molar-refractivity contribution in [3.05, 3.63) is 61.0 Å². The van der Waals surface area contributed by atoms with Gasteiger partial charge in [-0.2, -0.15) is 0 Å². The van der Waals surface area contributed by atoms with E-state index in [2.05, 4.69) is 25.0 Å². The number of halogens is 1. The highest BCUT2D eigenvalue weighted by Crippen LogP contribution is 2.26. The molecule has 0 aliphatic heterocycles. The van der Waals surface area contributed by atoms with Crippen molar-refractivity contribution in [2.24, 2.45) is 5.73 Å². The van der Waals surface area contributed by atoms with E-state index in [0.29, 0.717) is 6.54 Å². The summed E-state index contributed by atoms with van der Waals surface area (Å²) in [6.07, 6.45) is 6.75. The van der Waals surface area contributed by atoms with Gasteiger partial charge in [-0.05, 0) is 24.1 Å². The van der Waals surface area contributed by atoms with Gasteiger partial charge in [0.1, 0.15) is 5.82 Å². The minimum atomic E-state index is -0.476. The Balaban J connectivity index is 2.97. The highest BCUT2D eigenvalue weighted by atomic mass is 19.1. The molecule has 0 saturated heterocycles. The molecule has 2 nitrogen and oxygen atoms in total. The Labute approximate surface area is 128 Å². The van der Waals surface area contributed by atoms with Crippen molar-refractivity contribution in [2.45, 2.75) is 31.7 Å². The SMILES string of the molecule is C=CCN(CC=C)CC(N)(CCCC)c1ccc(F)cc1. The highest BCUT2D eigenvalue weighted by Gasteiger charge is 2.28. The molecule has 0 bridgehead atoms. The highest BCUT2D eigenvalue weighted by molar-refractivity contribution is 5.25. The summed E-state index contributed by atoms with van der Waals surface area (Å²) in [5.74, 6) is -0.231. The van der Waals surface area contributed by atoms with Gasteiger partial charge in [0.05, 0.1) is 5.54 Å². The van der Waals surface area contributed by atoms with Crippen molar-refractivity contribution in [1.82, 2.24) is 4.90 Å². The third-order valence-electron chi connectivity index (χ3n) is 3.68. The minimum absolute atomic E-state index is 0.231. The lowest BCUT2D eigenvalue weighted by Gasteiger charge is -2.35. The van der Waals surface area contributed by atoms with Crippen LogP contribution in [0.5, 0.6) is 0 Å². The number of hydrogen-bond donors (Lipinski definition) is 1. The summed E-state index contributed by atoms with van der Waals surface area (Å²) < 4.78 is 13.2. The minimum Gasteiger partial charge on any atom is -0.320 e. The van der Waals surface area contributed by atoms with Crippen LogP contribution in [0.25, 0.3) is 0 Å². The number of hydrogen-bond acceptors (Lipinski definition) is 2. The Hall–Kier alpha value is -1.45. The average molecular weight is 290 g/mol. The molecule has 0 aliphatic carbocycles. The van der Waals surface area contributed by atoms with Crippen molar-refractivity contribution in [3.63, 3.8) is 0 Å². The summed E-state index contributed by atoms with van der Waals surface area (Å²) in [5, 5.41) is 0. The van der Waals surface area contributed by atoms with Crippen LogP contribution < -0.4 is 5.73 Å². The lowest BCUT2D eigenvalue weighted by Crippen LogP contribution is -2.48. The Bertz CT molecular complexity index is 431. The average Bonchev–Trinajstić information content (AvgIpc) is 2.46. The molecule has 0 radical (unpaired) electrons. The van der Waals surface area contributed by atoms with E-state index in [9.17, 15) is 4.39 Å². The van der Waals surface area contributed by atoms with Gasteiger partial charge in [-0.3, -0.25) is 4.90 Å². The molecule has 116 valence electrons. The number of rotatable bonds is 10. The molecule has 3 heteroatoms. The summed E-state index contributed by atoms with van der Waals surface area (Å²) in [6.45, 7) is 12.0. The molecule has 1 aromatic carbocycles. The van der Waals surface area contributed by atoms with E-state index >= 15 is 0 Å². The number of unbranched alkanes of at least 4 members (excludes halogenated alkanes) is 1. The summed E-state index contributed by atoms with van der Waals surface area (Å²) in [5.41, 5.74) is 7.19. The molecular weight excluding hydrogens is 263 g/mol. The quantitative estimate of drug-likeness (QED) is 0.663. The molecule has 1 aromatic rings. The maximum Gasteiger partial charge on any atom is 0.123 e. The summed E-state index contributed by atoms with van der Waals surface area (Å²) in [7, 11) is 0. The van der Waals surface area contributed by atoms with Crippen LogP contribution in [0.2, 0.25) is 0 Å². The van der Waals surface area contributed by atoms with Crippen LogP contribution in [0, 0.1) is 5.82 Å². The monoisotopic (exact) mass is 290 g/mol. The summed E-state index contributed by atoms with van der Waals surface area (Å²) >= 11 is 0. The fourth-order valence-corrected chi connectivity index (χ4v) is 2.56. The molecule has 1 rings (SSSR count). The van der Waals surface area contributed by atoms with E-state index in [4.69, 9.17) is 5.73 Å². The second-order valence-electron chi connectivity index (χ2n) is 5.54. The van der Waals surface area contributed by atoms with Crippen molar-refractivity contribution in [2.75, 3.05) is 19.6 Å². The molecule has 0 spiro atoms. The predicted molar refractivity (Wildman–Crippen MR) is 88.6 cm³/mol. The topological polar surface area (TPSA) is 29.3 Å². The van der Waals surface area contributed by atoms with Gasteiger partial charge in [0.2, 0.25) is 0 Å². The van der Waals surface area contributed by atoms with Crippen molar-refractivity contribution in [3.8, 4) is 0 Å². The molecule has 0 fully saturated rings. The van der Waals surface area contributed by atoms with Gasteiger partial charge >= 0.3 is 0 Å². The van der Waals surface area contributed by atoms with Crippen LogP contribution in [0.15, 0.2) is 49.6 Å². The Morgan fingerprint density at radius 3 is 2.24 bits per heavy atom. The predicted octanol–water partition coefficient (Wildman–Crippen LogP) is 3.84. The molecule has 2 N–H and O–H groups in total. The van der Waals surface area contributed by atoms with Crippen LogP contribution in [-0.2, 0) is 5.54 Å². The van der Waals surface area contributed by atoms with Gasteiger partial charge in [-0.1, -0.05) is 44.1 Å². The van der Waals surface area contributed by atoms with Crippen molar-refractivity contribution in [1.29, 1.82) is 0 Å². The molecule has 0 aliphatic rings. The zero-order chi connectivity index (χ0) is 15.7. The molecular formula is C18H27FN2. The molecule has 0 amide bonds. The normalized spacial score (nSPS) is 13.9. The zero-order valence-electron chi connectivity index (χ0n) is 13.0. The first-order valence-corrected chi connectivity index (χ1v) is 7.54. The first kappa shape index (κ1) is 17.6. The number of nitrogens with zero attached hydrogens (tertiary/aromatic N) is 1. The van der Waals surface area contributed by atoms with E-state index in [1.807, 2.05) is 12.2 Å². The fourth-order valence-electron chi connectivity index (χ4n) is 2.56. The van der Waals surface area contributed by atoms with Crippen LogP contribution in [0.1, 0.15) is 31.7 Å². The first-order valence-electron chi connectivity index (χ1n) is 7.54. The van der Waals surface area contributed by atoms with Gasteiger partial charge < -0.3 is 5.73 Å². The van der Waals surface area contributed by atoms with Gasteiger partial charge in [-0.15, -0.1) is 13.2 Å². The third kappa shape index (κ3) is 5.44. The maximum atomic E-state index is 13.2. The van der Waals surface area contributed by atoms with Crippen LogP contribution in [-0.4, -0.2) is 24.5 Å². The second-order valence-corrected chi connectivity index (χ2v) is 5.54. The van der Waals surface area contributed by atoms with Crippen LogP contribution >= 0.6 is 0 Å². The summed E-state index contributed by atoms with van der Waals surface area (Å²) in [4.78, 5) is 2.21. The Kier molecular flexibility index (Phi) is 7.34. The van der Waals surface area contributed by atoms with E-state index in [0.717, 1.165) is 37.9 Å². The number of benzene rings is 1. The van der Waals surface area contributed by atoms with E-state index in [-0.39, 0.29) is 5.82 Å². The smallest absolute Gasteiger partial charge is 0.123 e. The lowest BCUT2D eigenvalue weighted by molar-refractivity contribution is 0.231. The Morgan fingerprint density at radius 1 is 1.19 bits per heavy atom. The number of nitrogens with two attached hydrogens (primary N) is 1. The maximum absolute atomic E-state index is 13.2. The van der Waals surface area contributed by atoms with Crippen LogP contribution in [0.3, 0.4) is 0 Å². The van der Waals surface area contributed by atoms with E-state index in [1.165, 1.54) is 12.1 Å². The fraction of sp³-hybridized carbons (Fsp3) is 0.444. The molecule has 0 aromatic heterocycles. The van der Waals surface area contributed by atoms with Crippen molar-refractivity contribution >= 4 is 0 Å². The standard InChI is InChI=1S/C18H27FN2/c1-4-7-12-18(20,15-21(13-5-2)14-6-3)16-8-10-17(19)11-9-16/h5-6,8-11H,2-4,7,12-15,20H2,1H3. The lowest BCUT2D eigenvalue weighted by atomic mass is 9.85. The second kappa shape index (κ2) is 8.75. The summed E-state index contributed by atoms with van der Waals surface area (Å²) in [6, 6.07) is 6.55. The van der Waals surface area contributed by atoms with E-state index < -0.39 is 5.54 Å². The zero-order valence-corrected chi connectivity index (χ0v) is 13.0. The van der Waals surface area contributed by atoms with Gasteiger partial charge in [0.15, 0.2) is 0 Å². The van der Waals surface area contributed by atoms with Gasteiger partial charge in [0, 0.05) is 19.6 Å². The molecule has 21 heavy (non-hydrogen) atoms. The molecule has 0 heterocycles. The van der Waals surface area contributed by atoms with Crippen LogP contribution in [0.4, 0.5) is 4.39 Å². The molecule has 0 saturated carbocycles. The van der Waals surface area contributed by atoms with Gasteiger partial charge in [0.25, 0.3) is 0 Å². The first-order chi connectivity index (χ1) is 10.1. The van der Waals surface area contributed by atoms with Crippen molar-refractivity contribution < 1.29 is 4.39 Å². The molecule has 1 unspecified atom stereocenters. The largest absolute Gasteiger partial charge is 0.320 e.